The number of benzene rings is 2. The van der Waals surface area contributed by atoms with Crippen molar-refractivity contribution in [1.29, 1.82) is 0 Å². The molecular weight excluding hydrogens is 378 g/mol. The highest BCUT2D eigenvalue weighted by atomic mass is 16.6. The molecule has 0 spiro atoms. The fraction of sp³-hybridized carbons (Fsp3) is 0.292. The van der Waals surface area contributed by atoms with E-state index in [4.69, 9.17) is 0 Å². The molecule has 5 rings (SSSR count). The Balaban J connectivity index is 1.44. The van der Waals surface area contributed by atoms with Crippen molar-refractivity contribution in [2.45, 2.75) is 38.8 Å². The van der Waals surface area contributed by atoms with Gasteiger partial charge in [-0.25, -0.2) is 0 Å². The van der Waals surface area contributed by atoms with Gasteiger partial charge in [0.1, 0.15) is 0 Å². The zero-order valence-electron chi connectivity index (χ0n) is 16.9. The van der Waals surface area contributed by atoms with Crippen molar-refractivity contribution in [3.8, 4) is 0 Å². The molecule has 0 radical (unpaired) electrons. The fourth-order valence-electron chi connectivity index (χ4n) is 4.95. The molecule has 0 N–H and O–H groups in total. The van der Waals surface area contributed by atoms with E-state index >= 15 is 0 Å². The van der Waals surface area contributed by atoms with Crippen LogP contribution in [0.15, 0.2) is 48.5 Å². The van der Waals surface area contributed by atoms with Gasteiger partial charge in [-0.15, -0.1) is 0 Å². The number of nitrogens with zero attached hydrogens (tertiary/aromatic N) is 3. The summed E-state index contributed by atoms with van der Waals surface area (Å²) in [6.07, 6.45) is 6.47. The number of rotatable bonds is 3. The second-order valence-electron chi connectivity index (χ2n) is 8.16. The molecule has 2 aromatic carbocycles. The Morgan fingerprint density at radius 1 is 1.17 bits per heavy atom. The molecule has 0 bridgehead atoms. The molecule has 30 heavy (non-hydrogen) atoms. The van der Waals surface area contributed by atoms with E-state index in [9.17, 15) is 14.9 Å². The molecule has 0 saturated heterocycles. The highest BCUT2D eigenvalue weighted by Gasteiger charge is 2.36. The van der Waals surface area contributed by atoms with Gasteiger partial charge in [0.05, 0.1) is 11.0 Å². The highest BCUT2D eigenvalue weighted by Crippen LogP contribution is 2.42. The zero-order chi connectivity index (χ0) is 20.8. The van der Waals surface area contributed by atoms with Crippen LogP contribution >= 0.6 is 0 Å². The molecule has 0 unspecified atom stereocenters. The smallest absolute Gasteiger partial charge is 0.269 e. The number of nitro benzene ring substituents is 1. The van der Waals surface area contributed by atoms with Crippen molar-refractivity contribution in [2.24, 2.45) is 0 Å². The predicted octanol–water partition coefficient (Wildman–Crippen LogP) is 4.79. The number of carbonyl (C=O) groups excluding carboxylic acids is 1. The number of aromatic nitrogens is 1. The summed E-state index contributed by atoms with van der Waals surface area (Å²) < 4.78 is 2.41. The molecule has 1 aliphatic carbocycles. The molecule has 152 valence electrons. The average molecular weight is 401 g/mol. The van der Waals surface area contributed by atoms with Gasteiger partial charge in [0.15, 0.2) is 0 Å². The van der Waals surface area contributed by atoms with Gasteiger partial charge in [-0.3, -0.25) is 14.9 Å². The summed E-state index contributed by atoms with van der Waals surface area (Å²) in [6, 6.07) is 13.0. The van der Waals surface area contributed by atoms with Gasteiger partial charge in [-0.2, -0.15) is 0 Å². The third kappa shape index (κ3) is 3.00. The Morgan fingerprint density at radius 3 is 2.73 bits per heavy atom. The number of fused-ring (bicyclic) bond motifs is 3. The Kier molecular flexibility index (Phi) is 4.42. The van der Waals surface area contributed by atoms with Gasteiger partial charge in [0, 0.05) is 47.9 Å². The van der Waals surface area contributed by atoms with Gasteiger partial charge in [0.2, 0.25) is 5.91 Å². The minimum Gasteiger partial charge on any atom is -0.341 e. The van der Waals surface area contributed by atoms with Crippen molar-refractivity contribution in [2.75, 3.05) is 6.54 Å². The van der Waals surface area contributed by atoms with Crippen LogP contribution in [0.3, 0.4) is 0 Å². The Morgan fingerprint density at radius 2 is 1.97 bits per heavy atom. The van der Waals surface area contributed by atoms with E-state index in [0.717, 1.165) is 31.4 Å². The van der Waals surface area contributed by atoms with Gasteiger partial charge < -0.3 is 9.47 Å². The quantitative estimate of drug-likeness (QED) is 0.360. The van der Waals surface area contributed by atoms with Gasteiger partial charge in [0.25, 0.3) is 5.69 Å². The van der Waals surface area contributed by atoms with Gasteiger partial charge in [-0.1, -0.05) is 11.6 Å². The standard InChI is InChI=1S/C24H23N3O3/c1-16-5-11-21-20(15-16)19-3-2-4-22-24(19)26(21)14-13-25(22)23(28)12-8-17-6-9-18(10-7-17)27(29)30/h5-12,15,22H,2-4,13-14H2,1H3/b12-8+/t22-/m1/s1. The average Bonchev–Trinajstić information content (AvgIpc) is 3.07. The van der Waals surface area contributed by atoms with Crippen molar-refractivity contribution < 1.29 is 9.72 Å². The van der Waals surface area contributed by atoms with E-state index in [1.54, 1.807) is 24.3 Å². The molecule has 0 fully saturated rings. The molecule has 2 aliphatic rings. The van der Waals surface area contributed by atoms with Crippen LogP contribution in [0.4, 0.5) is 5.69 Å². The fourth-order valence-corrected chi connectivity index (χ4v) is 4.95. The largest absolute Gasteiger partial charge is 0.341 e. The summed E-state index contributed by atoms with van der Waals surface area (Å²) in [4.78, 5) is 25.4. The minimum absolute atomic E-state index is 0.00103. The molecule has 0 saturated carbocycles. The lowest BCUT2D eigenvalue weighted by Gasteiger charge is -2.39. The van der Waals surface area contributed by atoms with Crippen molar-refractivity contribution >= 4 is 28.6 Å². The molecule has 1 amide bonds. The van der Waals surface area contributed by atoms with E-state index in [2.05, 4.69) is 29.7 Å². The Labute approximate surface area is 174 Å². The van der Waals surface area contributed by atoms with Crippen LogP contribution in [0.5, 0.6) is 0 Å². The third-order valence-corrected chi connectivity index (χ3v) is 6.33. The monoisotopic (exact) mass is 401 g/mol. The lowest BCUT2D eigenvalue weighted by atomic mass is 9.89. The second-order valence-corrected chi connectivity index (χ2v) is 8.16. The van der Waals surface area contributed by atoms with Crippen molar-refractivity contribution in [3.05, 3.63) is 81.0 Å². The predicted molar refractivity (Wildman–Crippen MR) is 116 cm³/mol. The molecule has 3 aromatic rings. The first-order chi connectivity index (χ1) is 14.5. The lowest BCUT2D eigenvalue weighted by molar-refractivity contribution is -0.384. The summed E-state index contributed by atoms with van der Waals surface area (Å²) in [5.41, 5.74) is 6.09. The maximum atomic E-state index is 13.1. The van der Waals surface area contributed by atoms with Crippen LogP contribution < -0.4 is 0 Å². The van der Waals surface area contributed by atoms with Crippen molar-refractivity contribution in [1.82, 2.24) is 9.47 Å². The summed E-state index contributed by atoms with van der Waals surface area (Å²) in [5, 5.41) is 12.1. The topological polar surface area (TPSA) is 68.4 Å². The van der Waals surface area contributed by atoms with Crippen LogP contribution in [0, 0.1) is 17.0 Å². The minimum atomic E-state index is -0.423. The SMILES string of the molecule is Cc1ccc2c(c1)c1c3n2CCN(C(=O)/C=C/c2ccc([N+](=O)[O-])cc2)[C@@H]3CCC1. The number of aryl methyl sites for hydroxylation is 2. The molecule has 1 aromatic heterocycles. The first-order valence-corrected chi connectivity index (χ1v) is 10.4. The van der Waals surface area contributed by atoms with Crippen LogP contribution in [-0.4, -0.2) is 26.8 Å². The summed E-state index contributed by atoms with van der Waals surface area (Å²) >= 11 is 0. The summed E-state index contributed by atoms with van der Waals surface area (Å²) in [6.45, 7) is 3.63. The van der Waals surface area contributed by atoms with E-state index in [1.807, 2.05) is 4.90 Å². The van der Waals surface area contributed by atoms with Crippen LogP contribution in [-0.2, 0) is 17.8 Å². The summed E-state index contributed by atoms with van der Waals surface area (Å²) in [5.74, 6) is -0.00103. The molecule has 2 heterocycles. The number of amides is 1. The maximum Gasteiger partial charge on any atom is 0.269 e. The Hall–Kier alpha value is -3.41. The van der Waals surface area contributed by atoms with E-state index in [0.29, 0.717) is 6.54 Å². The number of carbonyl (C=O) groups is 1. The summed E-state index contributed by atoms with van der Waals surface area (Å²) in [7, 11) is 0. The normalized spacial score (nSPS) is 18.0. The number of hydrogen-bond donors (Lipinski definition) is 0. The van der Waals surface area contributed by atoms with E-state index < -0.39 is 4.92 Å². The third-order valence-electron chi connectivity index (χ3n) is 6.33. The van der Waals surface area contributed by atoms with E-state index in [-0.39, 0.29) is 17.6 Å². The molecule has 6 nitrogen and oxygen atoms in total. The highest BCUT2D eigenvalue weighted by molar-refractivity contribution is 5.93. The number of nitro groups is 1. The van der Waals surface area contributed by atoms with Gasteiger partial charge in [-0.05, 0) is 67.7 Å². The van der Waals surface area contributed by atoms with Crippen molar-refractivity contribution in [3.63, 3.8) is 0 Å². The van der Waals surface area contributed by atoms with Crippen LogP contribution in [0.2, 0.25) is 0 Å². The maximum absolute atomic E-state index is 13.1. The zero-order valence-corrected chi connectivity index (χ0v) is 16.9. The van der Waals surface area contributed by atoms with Gasteiger partial charge >= 0.3 is 0 Å². The number of hydrogen-bond acceptors (Lipinski definition) is 3. The first kappa shape index (κ1) is 18.6. The molecule has 1 aliphatic heterocycles. The molecular formula is C24H23N3O3. The van der Waals surface area contributed by atoms with E-state index in [1.165, 1.54) is 39.9 Å². The molecule has 1 atom stereocenters. The number of non-ortho nitro benzene ring substituents is 1. The first-order valence-electron chi connectivity index (χ1n) is 10.4. The Bertz CT molecular complexity index is 1190. The van der Waals surface area contributed by atoms with Crippen LogP contribution in [0.25, 0.3) is 17.0 Å². The second kappa shape index (κ2) is 7.13. The molecule has 6 heteroatoms. The van der Waals surface area contributed by atoms with Crippen LogP contribution in [0.1, 0.15) is 41.3 Å². The lowest BCUT2D eigenvalue weighted by Crippen LogP contribution is -2.42.